The average molecular weight is 367 g/mol. The van der Waals surface area contributed by atoms with Crippen LogP contribution in [0.5, 0.6) is 5.75 Å². The van der Waals surface area contributed by atoms with E-state index in [4.69, 9.17) is 9.47 Å². The van der Waals surface area contributed by atoms with Crippen LogP contribution in [0.3, 0.4) is 0 Å². The Balaban J connectivity index is 1.80. The Hall–Kier alpha value is -2.89. The van der Waals surface area contributed by atoms with Gasteiger partial charge in [-0.1, -0.05) is 27.2 Å². The van der Waals surface area contributed by atoms with Crippen molar-refractivity contribution in [3.63, 3.8) is 0 Å². The highest BCUT2D eigenvalue weighted by Crippen LogP contribution is 2.24. The highest BCUT2D eigenvalue weighted by atomic mass is 16.6. The third-order valence-electron chi connectivity index (χ3n) is 4.21. The number of unbranched alkanes of at least 4 members (excludes halogenated alkanes) is 1. The summed E-state index contributed by atoms with van der Waals surface area (Å²) >= 11 is 0. The van der Waals surface area contributed by atoms with Crippen LogP contribution in [-0.4, -0.2) is 28.3 Å². The molecule has 142 valence electrons. The first-order valence-corrected chi connectivity index (χ1v) is 9.27. The molecule has 0 bridgehead atoms. The first kappa shape index (κ1) is 18.9. The number of nitrogens with zero attached hydrogens (tertiary/aromatic N) is 3. The summed E-state index contributed by atoms with van der Waals surface area (Å²) in [6, 6.07) is 7.42. The van der Waals surface area contributed by atoms with Crippen molar-refractivity contribution in [1.29, 1.82) is 0 Å². The highest BCUT2D eigenvalue weighted by Gasteiger charge is 2.25. The number of carbonyl (C=O) groups excluding carboxylic acids is 1. The second-order valence-corrected chi connectivity index (χ2v) is 6.86. The Morgan fingerprint density at radius 2 is 2.00 bits per heavy atom. The molecule has 0 atom stereocenters. The molecular formula is C21H25N3O3. The Morgan fingerprint density at radius 3 is 2.67 bits per heavy atom. The summed E-state index contributed by atoms with van der Waals surface area (Å²) in [4.78, 5) is 16.6. The Bertz CT molecular complexity index is 877. The molecule has 0 saturated carbocycles. The first-order chi connectivity index (χ1) is 13.0. The van der Waals surface area contributed by atoms with Gasteiger partial charge in [0.25, 0.3) is 0 Å². The maximum atomic E-state index is 12.2. The second kappa shape index (κ2) is 8.20. The van der Waals surface area contributed by atoms with Gasteiger partial charge >= 0.3 is 5.97 Å². The lowest BCUT2D eigenvalue weighted by Gasteiger charge is -2.05. The molecule has 0 N–H and O–H groups in total. The summed E-state index contributed by atoms with van der Waals surface area (Å²) in [5.74, 6) is 0.900. The number of esters is 1. The van der Waals surface area contributed by atoms with E-state index in [1.807, 2.05) is 37.5 Å². The lowest BCUT2D eigenvalue weighted by atomic mass is 10.1. The van der Waals surface area contributed by atoms with Crippen LogP contribution in [0.4, 0.5) is 0 Å². The second-order valence-electron chi connectivity index (χ2n) is 6.86. The molecule has 0 fully saturated rings. The van der Waals surface area contributed by atoms with Crippen LogP contribution >= 0.6 is 0 Å². The standard InChI is InChI=1S/C21H25N3O3/c1-5-6-11-26-17-9-7-15(8-10-17)20-22-18(21(25)27-20)12-16-13-24(4)23-19(16)14(2)3/h7-10,12-14H,5-6,11H2,1-4H3/b18-12+. The minimum absolute atomic E-state index is 0.249. The fourth-order valence-electron chi connectivity index (χ4n) is 2.79. The van der Waals surface area contributed by atoms with Gasteiger partial charge in [0.05, 0.1) is 12.3 Å². The molecular weight excluding hydrogens is 342 g/mol. The van der Waals surface area contributed by atoms with Gasteiger partial charge in [0.2, 0.25) is 5.90 Å². The number of aliphatic imine (C=N–C) groups is 1. The molecule has 1 aromatic carbocycles. The molecule has 1 aromatic heterocycles. The largest absolute Gasteiger partial charge is 0.494 e. The monoisotopic (exact) mass is 367 g/mol. The maximum absolute atomic E-state index is 12.2. The molecule has 1 aliphatic heterocycles. The normalized spacial score (nSPS) is 15.4. The van der Waals surface area contributed by atoms with Crippen LogP contribution in [0.15, 0.2) is 41.2 Å². The van der Waals surface area contributed by atoms with E-state index in [-0.39, 0.29) is 11.6 Å². The topological polar surface area (TPSA) is 65.7 Å². The first-order valence-electron chi connectivity index (χ1n) is 9.27. The van der Waals surface area contributed by atoms with Crippen LogP contribution < -0.4 is 4.74 Å². The van der Waals surface area contributed by atoms with Gasteiger partial charge in [0.1, 0.15) is 5.75 Å². The van der Waals surface area contributed by atoms with Gasteiger partial charge < -0.3 is 9.47 Å². The lowest BCUT2D eigenvalue weighted by Crippen LogP contribution is -2.05. The van der Waals surface area contributed by atoms with Crippen molar-refractivity contribution in [2.75, 3.05) is 6.61 Å². The minimum Gasteiger partial charge on any atom is -0.494 e. The lowest BCUT2D eigenvalue weighted by molar-refractivity contribution is -0.129. The van der Waals surface area contributed by atoms with Gasteiger partial charge in [0, 0.05) is 24.4 Å². The van der Waals surface area contributed by atoms with Crippen LogP contribution in [-0.2, 0) is 16.6 Å². The van der Waals surface area contributed by atoms with Crippen molar-refractivity contribution in [3.05, 3.63) is 53.0 Å². The van der Waals surface area contributed by atoms with E-state index in [0.717, 1.165) is 35.4 Å². The Morgan fingerprint density at radius 1 is 1.26 bits per heavy atom. The minimum atomic E-state index is -0.452. The molecule has 0 radical (unpaired) electrons. The number of aryl methyl sites for hydroxylation is 1. The molecule has 0 unspecified atom stereocenters. The number of aromatic nitrogens is 2. The number of benzene rings is 1. The van der Waals surface area contributed by atoms with E-state index in [9.17, 15) is 4.79 Å². The van der Waals surface area contributed by atoms with Crippen molar-refractivity contribution in [2.24, 2.45) is 12.0 Å². The van der Waals surface area contributed by atoms with Gasteiger partial charge in [-0.15, -0.1) is 0 Å². The molecule has 6 heteroatoms. The summed E-state index contributed by atoms with van der Waals surface area (Å²) in [6.45, 7) is 6.95. The van der Waals surface area contributed by atoms with E-state index in [1.165, 1.54) is 0 Å². The van der Waals surface area contributed by atoms with Crippen LogP contribution in [0, 0.1) is 0 Å². The van der Waals surface area contributed by atoms with Crippen molar-refractivity contribution in [1.82, 2.24) is 9.78 Å². The zero-order chi connectivity index (χ0) is 19.4. The van der Waals surface area contributed by atoms with Crippen LogP contribution in [0.25, 0.3) is 6.08 Å². The number of hydrogen-bond acceptors (Lipinski definition) is 5. The third kappa shape index (κ3) is 4.45. The Kier molecular flexibility index (Phi) is 5.74. The smallest absolute Gasteiger partial charge is 0.363 e. The molecule has 0 amide bonds. The Labute approximate surface area is 159 Å². The number of cyclic esters (lactones) is 1. The average Bonchev–Trinajstić information content (AvgIpc) is 3.19. The molecule has 6 nitrogen and oxygen atoms in total. The van der Waals surface area contributed by atoms with Crippen molar-refractivity contribution in [3.8, 4) is 5.75 Å². The molecule has 2 heterocycles. The predicted molar refractivity (Wildman–Crippen MR) is 105 cm³/mol. The zero-order valence-electron chi connectivity index (χ0n) is 16.2. The molecule has 1 aliphatic rings. The van der Waals surface area contributed by atoms with E-state index in [2.05, 4.69) is 30.9 Å². The van der Waals surface area contributed by atoms with Gasteiger partial charge in [0.15, 0.2) is 5.70 Å². The summed E-state index contributed by atoms with van der Waals surface area (Å²) in [6.07, 6.45) is 5.73. The number of ether oxygens (including phenoxy) is 2. The number of hydrogen-bond donors (Lipinski definition) is 0. The van der Waals surface area contributed by atoms with Crippen LogP contribution in [0.1, 0.15) is 56.4 Å². The van der Waals surface area contributed by atoms with Crippen LogP contribution in [0.2, 0.25) is 0 Å². The molecule has 0 aliphatic carbocycles. The summed E-state index contributed by atoms with van der Waals surface area (Å²) < 4.78 is 12.7. The van der Waals surface area contributed by atoms with Crippen molar-refractivity contribution >= 4 is 17.9 Å². The van der Waals surface area contributed by atoms with E-state index < -0.39 is 5.97 Å². The summed E-state index contributed by atoms with van der Waals surface area (Å²) in [5.41, 5.74) is 2.83. The van der Waals surface area contributed by atoms with Gasteiger partial charge in [-0.3, -0.25) is 4.68 Å². The molecule has 27 heavy (non-hydrogen) atoms. The molecule has 3 rings (SSSR count). The third-order valence-corrected chi connectivity index (χ3v) is 4.21. The highest BCUT2D eigenvalue weighted by molar-refractivity contribution is 6.12. The predicted octanol–water partition coefficient (Wildman–Crippen LogP) is 4.07. The number of carbonyl (C=O) groups is 1. The molecule has 2 aromatic rings. The van der Waals surface area contributed by atoms with Gasteiger partial charge in [-0.25, -0.2) is 9.79 Å². The van der Waals surface area contributed by atoms with E-state index >= 15 is 0 Å². The molecule has 0 saturated heterocycles. The SMILES string of the molecule is CCCCOc1ccc(C2=N/C(=C/c3cn(C)nc3C(C)C)C(=O)O2)cc1. The van der Waals surface area contributed by atoms with E-state index in [1.54, 1.807) is 10.8 Å². The zero-order valence-corrected chi connectivity index (χ0v) is 16.2. The fraction of sp³-hybridized carbons (Fsp3) is 0.381. The molecule has 0 spiro atoms. The fourth-order valence-corrected chi connectivity index (χ4v) is 2.79. The van der Waals surface area contributed by atoms with E-state index in [0.29, 0.717) is 12.5 Å². The maximum Gasteiger partial charge on any atom is 0.363 e. The summed E-state index contributed by atoms with van der Waals surface area (Å²) in [7, 11) is 1.86. The summed E-state index contributed by atoms with van der Waals surface area (Å²) in [5, 5.41) is 4.45. The van der Waals surface area contributed by atoms with Crippen molar-refractivity contribution in [2.45, 2.75) is 39.5 Å². The van der Waals surface area contributed by atoms with Gasteiger partial charge in [-0.2, -0.15) is 5.10 Å². The quantitative estimate of drug-likeness (QED) is 0.420. The van der Waals surface area contributed by atoms with Crippen molar-refractivity contribution < 1.29 is 14.3 Å². The van der Waals surface area contributed by atoms with Gasteiger partial charge in [-0.05, 0) is 42.7 Å². The number of rotatable bonds is 7.